The number of aryl methyl sites for hydroxylation is 4. The third-order valence-electron chi connectivity index (χ3n) is 4.53. The van der Waals surface area contributed by atoms with E-state index < -0.39 is 20.6 Å². The van der Waals surface area contributed by atoms with Gasteiger partial charge in [-0.3, -0.25) is 0 Å². The molecule has 0 N–H and O–H groups in total. The van der Waals surface area contributed by atoms with Crippen LogP contribution in [0.25, 0.3) is 0 Å². The van der Waals surface area contributed by atoms with Crippen molar-refractivity contribution in [2.45, 2.75) is 34.1 Å². The summed E-state index contributed by atoms with van der Waals surface area (Å²) >= 11 is 0. The first kappa shape index (κ1) is 13.0. The second kappa shape index (κ2) is 9.61. The quantitative estimate of drug-likeness (QED) is 0.295. The molecule has 0 fully saturated rings. The lowest BCUT2D eigenvalue weighted by atomic mass is 10.1. The lowest BCUT2D eigenvalue weighted by molar-refractivity contribution is 0.304. The Morgan fingerprint density at radius 3 is 1.62 bits per heavy atom. The molecule has 0 aliphatic carbocycles. The highest BCUT2D eigenvalue weighted by atomic mass is 16.5. The molecule has 0 spiro atoms. The molecule has 0 aliphatic heterocycles. The lowest BCUT2D eigenvalue weighted by Crippen LogP contribution is -1.96. The summed E-state index contributed by atoms with van der Waals surface area (Å²) in [6, 6.07) is 22.3. The predicted molar refractivity (Wildman–Crippen MR) is 129 cm³/mol. The monoisotopic (exact) mass is 433 g/mol. The Labute approximate surface area is 202 Å². The minimum absolute atomic E-state index is 0.0153. The Morgan fingerprint density at radius 2 is 1.03 bits per heavy atom. The second-order valence-electron chi connectivity index (χ2n) is 7.40. The van der Waals surface area contributed by atoms with Crippen molar-refractivity contribution in [2.24, 2.45) is 0 Å². The average Bonchev–Trinajstić information content (AvgIpc) is 2.86. The molecule has 0 heterocycles. The van der Waals surface area contributed by atoms with Gasteiger partial charge in [0.1, 0.15) is 35.4 Å². The predicted octanol–water partition coefficient (Wildman–Crippen LogP) is 8.08. The molecule has 162 valence electrons. The van der Waals surface area contributed by atoms with Gasteiger partial charge in [-0.05, 0) is 91.7 Å². The maximum atomic E-state index is 7.92. The third kappa shape index (κ3) is 5.92. The van der Waals surface area contributed by atoms with Gasteiger partial charge in [0.25, 0.3) is 0 Å². The first-order valence-corrected chi connectivity index (χ1v) is 10.0. The number of ether oxygens (including phenoxy) is 3. The van der Waals surface area contributed by atoms with E-state index in [-0.39, 0.29) is 52.0 Å². The van der Waals surface area contributed by atoms with E-state index in [9.17, 15) is 0 Å². The normalized spacial score (nSPS) is 16.0. The molecule has 0 unspecified atom stereocenters. The molecule has 0 amide bonds. The minimum Gasteiger partial charge on any atom is -0.489 e. The van der Waals surface area contributed by atoms with Crippen LogP contribution < -0.4 is 14.2 Å². The molecule has 0 saturated carbocycles. The Balaban J connectivity index is 1.69. The van der Waals surface area contributed by atoms with Gasteiger partial charge in [-0.25, -0.2) is 0 Å². The second-order valence-corrected chi connectivity index (χ2v) is 7.40. The Kier molecular flexibility index (Phi) is 3.90. The van der Waals surface area contributed by atoms with Crippen molar-refractivity contribution in [3.8, 4) is 28.7 Å². The highest BCUT2D eigenvalue weighted by Gasteiger charge is 2.07. The van der Waals surface area contributed by atoms with E-state index >= 15 is 0 Å². The van der Waals surface area contributed by atoms with Crippen LogP contribution in [0.1, 0.15) is 40.2 Å². The van der Waals surface area contributed by atoms with E-state index in [2.05, 4.69) is 0 Å². The maximum absolute atomic E-state index is 7.92. The van der Waals surface area contributed by atoms with Crippen LogP contribution in [0.5, 0.6) is 28.7 Å². The van der Waals surface area contributed by atoms with Crippen LogP contribution in [-0.2, 0) is 6.61 Å². The summed E-state index contributed by atoms with van der Waals surface area (Å²) in [6.07, 6.45) is 0. The molecule has 0 aromatic heterocycles. The molecule has 32 heavy (non-hydrogen) atoms. The zero-order valence-corrected chi connectivity index (χ0v) is 17.5. The summed E-state index contributed by atoms with van der Waals surface area (Å²) in [5, 5.41) is 0. The van der Waals surface area contributed by atoms with Gasteiger partial charge >= 0.3 is 0 Å². The molecule has 4 rings (SSSR count). The number of rotatable bonds is 7. The van der Waals surface area contributed by atoms with Crippen LogP contribution in [0.4, 0.5) is 0 Å². The van der Waals surface area contributed by atoms with Gasteiger partial charge in [0.05, 0.1) is 0 Å². The van der Waals surface area contributed by atoms with Crippen molar-refractivity contribution in [3.05, 3.63) is 113 Å². The van der Waals surface area contributed by atoms with E-state index in [0.717, 1.165) is 5.56 Å². The summed E-state index contributed by atoms with van der Waals surface area (Å²) in [5.74, 6) is 0.775. The fourth-order valence-electron chi connectivity index (χ4n) is 3.22. The number of hydrogen-bond donors (Lipinski definition) is 0. The molecule has 0 saturated heterocycles. The Morgan fingerprint density at radius 1 is 0.562 bits per heavy atom. The molecule has 3 heteroatoms. The van der Waals surface area contributed by atoms with Gasteiger partial charge in [0.2, 0.25) is 0 Å². The van der Waals surface area contributed by atoms with Crippen molar-refractivity contribution < 1.29 is 26.5 Å². The molecule has 0 atom stereocenters. The summed E-state index contributed by atoms with van der Waals surface area (Å²) in [7, 11) is 0. The summed E-state index contributed by atoms with van der Waals surface area (Å²) in [5.41, 5.74) is 1.53. The van der Waals surface area contributed by atoms with Crippen molar-refractivity contribution in [1.82, 2.24) is 0 Å². The maximum Gasteiger partial charge on any atom is 0.131 e. The number of hydrogen-bond acceptors (Lipinski definition) is 3. The van der Waals surface area contributed by atoms with Crippen LogP contribution in [0.3, 0.4) is 0 Å². The third-order valence-corrected chi connectivity index (χ3v) is 4.53. The molecule has 0 radical (unpaired) electrons. The van der Waals surface area contributed by atoms with Crippen molar-refractivity contribution in [2.75, 3.05) is 0 Å². The fourth-order valence-corrected chi connectivity index (χ4v) is 3.22. The van der Waals surface area contributed by atoms with Gasteiger partial charge < -0.3 is 14.2 Å². The van der Waals surface area contributed by atoms with Crippen LogP contribution in [0.2, 0.25) is 0 Å². The van der Waals surface area contributed by atoms with E-state index in [0.29, 0.717) is 5.56 Å². The molecule has 0 bridgehead atoms. The molecular formula is C29H28O3. The van der Waals surface area contributed by atoms with E-state index in [4.69, 9.17) is 26.5 Å². The van der Waals surface area contributed by atoms with Crippen LogP contribution in [0.15, 0.2) is 84.9 Å². The molecule has 3 nitrogen and oxygen atoms in total. The smallest absolute Gasteiger partial charge is 0.131 e. The first-order valence-electron chi connectivity index (χ1n) is 14.5. The van der Waals surface area contributed by atoms with E-state index in [1.807, 2.05) is 30.3 Å². The molecule has 4 aromatic rings. The van der Waals surface area contributed by atoms with Gasteiger partial charge in [0, 0.05) is 24.5 Å². The van der Waals surface area contributed by atoms with Crippen LogP contribution in [0, 0.1) is 27.5 Å². The summed E-state index contributed by atoms with van der Waals surface area (Å²) in [4.78, 5) is 0. The van der Waals surface area contributed by atoms with Crippen molar-refractivity contribution in [3.63, 3.8) is 0 Å². The van der Waals surface area contributed by atoms with E-state index in [1.54, 1.807) is 13.0 Å². The number of benzene rings is 4. The average molecular weight is 434 g/mol. The highest BCUT2D eigenvalue weighted by molar-refractivity contribution is 5.45. The van der Waals surface area contributed by atoms with Crippen LogP contribution >= 0.6 is 0 Å². The first-order chi connectivity index (χ1) is 19.1. The zero-order valence-electron chi connectivity index (χ0n) is 26.5. The molecule has 4 aromatic carbocycles. The SMILES string of the molecule is [2H]C([2H])([2H])c1cc(C)cc(Oc2cc(Oc3cc(OCc4ccccc4)cc(C([2H])([2H])[2H])c3)cc(C([2H])([2H])[2H])c2)c1. The zero-order chi connectivity index (χ0) is 30.0. The van der Waals surface area contributed by atoms with Gasteiger partial charge in [-0.1, -0.05) is 36.4 Å². The largest absolute Gasteiger partial charge is 0.489 e. The summed E-state index contributed by atoms with van der Waals surface area (Å²) in [6.45, 7) is -5.40. The van der Waals surface area contributed by atoms with Crippen molar-refractivity contribution >= 4 is 0 Å². The lowest BCUT2D eigenvalue weighted by Gasteiger charge is -2.13. The fraction of sp³-hybridized carbons (Fsp3) is 0.172. The van der Waals surface area contributed by atoms with E-state index in [1.165, 1.54) is 48.5 Å². The van der Waals surface area contributed by atoms with Crippen molar-refractivity contribution in [1.29, 1.82) is 0 Å². The molecular weight excluding hydrogens is 396 g/mol. The topological polar surface area (TPSA) is 27.7 Å². The Hall–Kier alpha value is -3.72. The molecule has 0 aliphatic rings. The van der Waals surface area contributed by atoms with Gasteiger partial charge in [-0.15, -0.1) is 0 Å². The minimum atomic E-state index is -2.52. The summed E-state index contributed by atoms with van der Waals surface area (Å²) < 4.78 is 88.3. The highest BCUT2D eigenvalue weighted by Crippen LogP contribution is 2.33. The van der Waals surface area contributed by atoms with Crippen LogP contribution in [-0.4, -0.2) is 0 Å². The Bertz CT molecular complexity index is 1510. The van der Waals surface area contributed by atoms with Gasteiger partial charge in [-0.2, -0.15) is 0 Å². The standard InChI is InChI=1S/C29H28O3/c1-20-10-21(2)13-26(12-20)31-28-15-23(4)16-29(18-28)32-27-14-22(3)11-25(17-27)30-19-24-8-6-5-7-9-24/h5-18H,19H2,1-4H3/i1D3,3D3,4D3. The van der Waals surface area contributed by atoms with Gasteiger partial charge in [0.15, 0.2) is 0 Å².